The monoisotopic (exact) mass is 215 g/mol. The van der Waals surface area contributed by atoms with E-state index in [0.717, 1.165) is 12.8 Å². The van der Waals surface area contributed by atoms with Gasteiger partial charge >= 0.3 is 6.03 Å². The number of aliphatic hydroxyl groups excluding tert-OH is 1. The highest BCUT2D eigenvalue weighted by atomic mass is 16.3. The second kappa shape index (κ2) is 5.92. The molecule has 1 saturated heterocycles. The van der Waals surface area contributed by atoms with Crippen molar-refractivity contribution in [2.45, 2.75) is 31.9 Å². The summed E-state index contributed by atoms with van der Waals surface area (Å²) in [5.74, 6) is 0. The number of rotatable bonds is 4. The lowest BCUT2D eigenvalue weighted by Crippen LogP contribution is -2.48. The van der Waals surface area contributed by atoms with Crippen LogP contribution in [0.25, 0.3) is 0 Å². The molecule has 0 saturated carbocycles. The summed E-state index contributed by atoms with van der Waals surface area (Å²) in [5.41, 5.74) is 0. The standard InChI is InChI=1S/C10H21N3O2/c1-3-4-5-12-10(15)13(2)8-6-11-7-9(8)14/h8-9,11,14H,3-7H2,1-2H3,(H,12,15)/t8-,9-/m1/s1. The molecule has 5 heteroatoms. The number of nitrogens with one attached hydrogen (secondary N) is 2. The largest absolute Gasteiger partial charge is 0.390 e. The lowest BCUT2D eigenvalue weighted by Gasteiger charge is -2.26. The van der Waals surface area contributed by atoms with Gasteiger partial charge in [-0.3, -0.25) is 0 Å². The van der Waals surface area contributed by atoms with E-state index in [1.807, 2.05) is 0 Å². The van der Waals surface area contributed by atoms with E-state index in [2.05, 4.69) is 17.6 Å². The van der Waals surface area contributed by atoms with Gasteiger partial charge in [-0.15, -0.1) is 0 Å². The highest BCUT2D eigenvalue weighted by molar-refractivity contribution is 5.74. The van der Waals surface area contributed by atoms with Crippen molar-refractivity contribution >= 4 is 6.03 Å². The van der Waals surface area contributed by atoms with Gasteiger partial charge in [-0.2, -0.15) is 0 Å². The molecule has 0 aromatic rings. The van der Waals surface area contributed by atoms with E-state index in [1.165, 1.54) is 0 Å². The predicted molar refractivity (Wildman–Crippen MR) is 58.7 cm³/mol. The first kappa shape index (κ1) is 12.3. The average Bonchev–Trinajstić information content (AvgIpc) is 2.63. The van der Waals surface area contributed by atoms with Crippen LogP contribution in [-0.4, -0.2) is 54.9 Å². The summed E-state index contributed by atoms with van der Waals surface area (Å²) in [6.07, 6.45) is 1.61. The van der Waals surface area contributed by atoms with Crippen LogP contribution in [0, 0.1) is 0 Å². The molecule has 2 amide bonds. The van der Waals surface area contributed by atoms with E-state index in [0.29, 0.717) is 19.6 Å². The molecule has 0 aromatic heterocycles. The highest BCUT2D eigenvalue weighted by Gasteiger charge is 2.30. The van der Waals surface area contributed by atoms with Gasteiger partial charge in [0.05, 0.1) is 12.1 Å². The fraction of sp³-hybridized carbons (Fsp3) is 0.900. The van der Waals surface area contributed by atoms with Crippen molar-refractivity contribution in [3.63, 3.8) is 0 Å². The molecule has 5 nitrogen and oxygen atoms in total. The van der Waals surface area contributed by atoms with Crippen molar-refractivity contribution in [2.24, 2.45) is 0 Å². The zero-order valence-corrected chi connectivity index (χ0v) is 9.49. The summed E-state index contributed by atoms with van der Waals surface area (Å²) in [6.45, 7) is 4.02. The maximum Gasteiger partial charge on any atom is 0.317 e. The minimum absolute atomic E-state index is 0.101. The smallest absolute Gasteiger partial charge is 0.317 e. The lowest BCUT2D eigenvalue weighted by atomic mass is 10.2. The van der Waals surface area contributed by atoms with Crippen LogP contribution in [0.1, 0.15) is 19.8 Å². The second-order valence-corrected chi connectivity index (χ2v) is 3.99. The number of carbonyl (C=O) groups excluding carboxylic acids is 1. The Morgan fingerprint density at radius 2 is 2.33 bits per heavy atom. The SMILES string of the molecule is CCCCNC(=O)N(C)[C@@H]1CNC[C@H]1O. The third-order valence-electron chi connectivity index (χ3n) is 2.78. The molecule has 0 radical (unpaired) electrons. The highest BCUT2D eigenvalue weighted by Crippen LogP contribution is 2.07. The van der Waals surface area contributed by atoms with Gasteiger partial charge in [-0.1, -0.05) is 13.3 Å². The first-order valence-corrected chi connectivity index (χ1v) is 5.56. The van der Waals surface area contributed by atoms with E-state index >= 15 is 0 Å². The zero-order valence-electron chi connectivity index (χ0n) is 9.49. The molecule has 1 aliphatic rings. The van der Waals surface area contributed by atoms with E-state index in [9.17, 15) is 9.90 Å². The average molecular weight is 215 g/mol. The first-order chi connectivity index (χ1) is 7.16. The van der Waals surface area contributed by atoms with Crippen LogP contribution >= 0.6 is 0 Å². The fourth-order valence-corrected chi connectivity index (χ4v) is 1.69. The molecule has 0 spiro atoms. The summed E-state index contributed by atoms with van der Waals surface area (Å²) >= 11 is 0. The molecule has 0 unspecified atom stereocenters. The Morgan fingerprint density at radius 3 is 2.87 bits per heavy atom. The molecule has 0 aromatic carbocycles. The molecule has 1 aliphatic heterocycles. The quantitative estimate of drug-likeness (QED) is 0.567. The van der Waals surface area contributed by atoms with Gasteiger partial charge in [0.25, 0.3) is 0 Å². The molecular formula is C10H21N3O2. The molecule has 0 bridgehead atoms. The second-order valence-electron chi connectivity index (χ2n) is 3.99. The van der Waals surface area contributed by atoms with Gasteiger partial charge in [0.15, 0.2) is 0 Å². The molecule has 1 rings (SSSR count). The number of hydrogen-bond donors (Lipinski definition) is 3. The van der Waals surface area contributed by atoms with E-state index in [4.69, 9.17) is 0 Å². The molecule has 88 valence electrons. The van der Waals surface area contributed by atoms with Crippen LogP contribution < -0.4 is 10.6 Å². The number of hydrogen-bond acceptors (Lipinski definition) is 3. The molecule has 15 heavy (non-hydrogen) atoms. The van der Waals surface area contributed by atoms with Gasteiger partial charge in [-0.05, 0) is 6.42 Å². The third-order valence-corrected chi connectivity index (χ3v) is 2.78. The van der Waals surface area contributed by atoms with E-state index in [-0.39, 0.29) is 12.1 Å². The van der Waals surface area contributed by atoms with Gasteiger partial charge in [-0.25, -0.2) is 4.79 Å². The molecule has 3 N–H and O–H groups in total. The van der Waals surface area contributed by atoms with E-state index in [1.54, 1.807) is 11.9 Å². The van der Waals surface area contributed by atoms with Crippen molar-refractivity contribution in [3.8, 4) is 0 Å². The minimum atomic E-state index is -0.452. The van der Waals surface area contributed by atoms with Crippen molar-refractivity contribution in [1.82, 2.24) is 15.5 Å². The zero-order chi connectivity index (χ0) is 11.3. The summed E-state index contributed by atoms with van der Waals surface area (Å²) < 4.78 is 0. The Morgan fingerprint density at radius 1 is 1.60 bits per heavy atom. The summed E-state index contributed by atoms with van der Waals surface area (Å²) in [7, 11) is 1.72. The topological polar surface area (TPSA) is 64.6 Å². The summed E-state index contributed by atoms with van der Waals surface area (Å²) in [4.78, 5) is 13.2. The summed E-state index contributed by atoms with van der Waals surface area (Å²) in [5, 5.41) is 15.5. The molecule has 0 aliphatic carbocycles. The van der Waals surface area contributed by atoms with Crippen molar-refractivity contribution in [2.75, 3.05) is 26.7 Å². The summed E-state index contributed by atoms with van der Waals surface area (Å²) in [6, 6.07) is -0.206. The van der Waals surface area contributed by atoms with Crippen LogP contribution in [0.15, 0.2) is 0 Å². The number of carbonyl (C=O) groups is 1. The number of unbranched alkanes of at least 4 members (excludes halogenated alkanes) is 1. The van der Waals surface area contributed by atoms with Crippen LogP contribution in [0.5, 0.6) is 0 Å². The van der Waals surface area contributed by atoms with Gasteiger partial charge in [0, 0.05) is 26.7 Å². The van der Waals surface area contributed by atoms with Crippen LogP contribution in [-0.2, 0) is 0 Å². The van der Waals surface area contributed by atoms with E-state index < -0.39 is 6.10 Å². The Bertz CT molecular complexity index is 211. The number of likely N-dealkylation sites (N-methyl/N-ethyl adjacent to an activating group) is 1. The number of nitrogens with zero attached hydrogens (tertiary/aromatic N) is 1. The van der Waals surface area contributed by atoms with Crippen LogP contribution in [0.3, 0.4) is 0 Å². The number of β-amino-alcohol motifs (C(OH)–C–C–N with tert-alkyl or cyclic N) is 1. The third kappa shape index (κ3) is 3.35. The van der Waals surface area contributed by atoms with Crippen molar-refractivity contribution in [1.29, 1.82) is 0 Å². The maximum absolute atomic E-state index is 11.6. The number of aliphatic hydroxyl groups is 1. The normalized spacial score (nSPS) is 25.3. The Hall–Kier alpha value is -0.810. The first-order valence-electron chi connectivity index (χ1n) is 5.56. The Kier molecular flexibility index (Phi) is 4.84. The Balaban J connectivity index is 2.31. The van der Waals surface area contributed by atoms with Gasteiger partial charge < -0.3 is 20.6 Å². The lowest BCUT2D eigenvalue weighted by molar-refractivity contribution is 0.110. The van der Waals surface area contributed by atoms with Crippen LogP contribution in [0.4, 0.5) is 4.79 Å². The van der Waals surface area contributed by atoms with Crippen molar-refractivity contribution < 1.29 is 9.90 Å². The van der Waals surface area contributed by atoms with Gasteiger partial charge in [0.2, 0.25) is 0 Å². The molecule has 1 heterocycles. The maximum atomic E-state index is 11.6. The fourth-order valence-electron chi connectivity index (χ4n) is 1.69. The molecular weight excluding hydrogens is 194 g/mol. The number of amides is 2. The van der Waals surface area contributed by atoms with Crippen LogP contribution in [0.2, 0.25) is 0 Å². The predicted octanol–water partition coefficient (Wildman–Crippen LogP) is -0.239. The molecule has 1 fully saturated rings. The minimum Gasteiger partial charge on any atom is -0.390 e. The number of urea groups is 1. The van der Waals surface area contributed by atoms with Crippen molar-refractivity contribution in [3.05, 3.63) is 0 Å². The van der Waals surface area contributed by atoms with Gasteiger partial charge in [0.1, 0.15) is 0 Å². The Labute approximate surface area is 90.8 Å². The molecule has 2 atom stereocenters.